The molecular formula is C12H21NO5. The molecule has 1 aliphatic carbocycles. The van der Waals surface area contributed by atoms with Gasteiger partial charge in [-0.2, -0.15) is 0 Å². The molecule has 0 unspecified atom stereocenters. The van der Waals surface area contributed by atoms with Crippen molar-refractivity contribution in [3.63, 3.8) is 0 Å². The molecule has 1 fully saturated rings. The third-order valence-corrected chi connectivity index (χ3v) is 3.66. The van der Waals surface area contributed by atoms with Crippen molar-refractivity contribution in [3.05, 3.63) is 0 Å². The van der Waals surface area contributed by atoms with E-state index < -0.39 is 24.8 Å². The van der Waals surface area contributed by atoms with E-state index in [2.05, 4.69) is 0 Å². The number of amides is 1. The van der Waals surface area contributed by atoms with Crippen molar-refractivity contribution in [3.8, 4) is 0 Å². The minimum Gasteiger partial charge on any atom is -0.481 e. The molecule has 104 valence electrons. The summed E-state index contributed by atoms with van der Waals surface area (Å²) in [6.45, 7) is -1.09. The lowest BCUT2D eigenvalue weighted by atomic mass is 9.69. The Morgan fingerprint density at radius 2 is 1.56 bits per heavy atom. The second-order valence-corrected chi connectivity index (χ2v) is 5.02. The largest absolute Gasteiger partial charge is 0.481 e. The summed E-state index contributed by atoms with van der Waals surface area (Å²) in [7, 11) is 0. The quantitative estimate of drug-likeness (QED) is 0.604. The Labute approximate surface area is 106 Å². The van der Waals surface area contributed by atoms with Crippen LogP contribution in [0.3, 0.4) is 0 Å². The van der Waals surface area contributed by atoms with Crippen LogP contribution in [0.15, 0.2) is 0 Å². The zero-order valence-electron chi connectivity index (χ0n) is 10.5. The Balaban J connectivity index is 2.71. The van der Waals surface area contributed by atoms with Crippen LogP contribution in [0.2, 0.25) is 0 Å². The first kappa shape index (κ1) is 14.9. The van der Waals surface area contributed by atoms with E-state index in [0.717, 1.165) is 37.0 Å². The summed E-state index contributed by atoms with van der Waals surface area (Å²) in [5.41, 5.74) is -0.510. The van der Waals surface area contributed by atoms with Gasteiger partial charge in [0, 0.05) is 6.42 Å². The minimum absolute atomic E-state index is 0.0244. The molecule has 0 heterocycles. The number of aliphatic carboxylic acids is 1. The molecule has 0 radical (unpaired) electrons. The fourth-order valence-electron chi connectivity index (χ4n) is 2.67. The first-order valence-electron chi connectivity index (χ1n) is 6.24. The molecule has 0 spiro atoms. The van der Waals surface area contributed by atoms with Crippen LogP contribution in [0.25, 0.3) is 0 Å². The Morgan fingerprint density at radius 1 is 1.00 bits per heavy atom. The summed E-state index contributed by atoms with van der Waals surface area (Å²) in [6, 6.07) is 0. The van der Waals surface area contributed by atoms with Crippen LogP contribution in [-0.4, -0.2) is 45.6 Å². The summed E-state index contributed by atoms with van der Waals surface area (Å²) >= 11 is 0. The van der Waals surface area contributed by atoms with Crippen LogP contribution in [0, 0.1) is 5.41 Å². The molecule has 0 aliphatic heterocycles. The Hall–Kier alpha value is -1.14. The smallest absolute Gasteiger partial charge is 0.303 e. The van der Waals surface area contributed by atoms with Gasteiger partial charge in [-0.25, -0.2) is 0 Å². The maximum absolute atomic E-state index is 11.9. The van der Waals surface area contributed by atoms with Gasteiger partial charge in [-0.05, 0) is 18.3 Å². The molecule has 1 aliphatic rings. The second kappa shape index (κ2) is 6.70. The topological polar surface area (TPSA) is 98.1 Å². The number of hydrogen-bond acceptors (Lipinski definition) is 4. The van der Waals surface area contributed by atoms with E-state index >= 15 is 0 Å². The number of aliphatic hydroxyl groups is 2. The van der Waals surface area contributed by atoms with Gasteiger partial charge < -0.3 is 15.3 Å². The number of aliphatic hydroxyl groups excluding tert-OH is 2. The summed E-state index contributed by atoms with van der Waals surface area (Å²) in [5, 5.41) is 26.8. The first-order valence-corrected chi connectivity index (χ1v) is 6.24. The maximum Gasteiger partial charge on any atom is 0.303 e. The normalized spacial score (nSPS) is 18.3. The van der Waals surface area contributed by atoms with Crippen LogP contribution >= 0.6 is 0 Å². The number of carboxylic acids is 1. The highest BCUT2D eigenvalue weighted by molar-refractivity contribution is 5.78. The van der Waals surface area contributed by atoms with Crippen LogP contribution in [0.4, 0.5) is 0 Å². The molecule has 0 saturated heterocycles. The second-order valence-electron chi connectivity index (χ2n) is 5.02. The average molecular weight is 259 g/mol. The molecule has 0 atom stereocenters. The molecule has 1 amide bonds. The van der Waals surface area contributed by atoms with Gasteiger partial charge in [-0.1, -0.05) is 19.3 Å². The van der Waals surface area contributed by atoms with Gasteiger partial charge in [0.05, 0.1) is 6.42 Å². The SMILES string of the molecule is O=C(O)CC1(CC(=O)N(CO)CO)CCCCC1. The minimum atomic E-state index is -0.899. The highest BCUT2D eigenvalue weighted by Crippen LogP contribution is 2.42. The molecule has 0 bridgehead atoms. The number of rotatable bonds is 6. The van der Waals surface area contributed by atoms with Crippen molar-refractivity contribution in [2.24, 2.45) is 5.41 Å². The van der Waals surface area contributed by atoms with Gasteiger partial charge in [0.25, 0.3) is 0 Å². The van der Waals surface area contributed by atoms with E-state index in [0.29, 0.717) is 0 Å². The Kier molecular flexibility index (Phi) is 5.55. The number of carbonyl (C=O) groups is 2. The predicted molar refractivity (Wildman–Crippen MR) is 63.4 cm³/mol. The highest BCUT2D eigenvalue weighted by Gasteiger charge is 2.37. The lowest BCUT2D eigenvalue weighted by Gasteiger charge is -2.36. The zero-order valence-corrected chi connectivity index (χ0v) is 10.5. The average Bonchev–Trinajstić information content (AvgIpc) is 2.30. The fourth-order valence-corrected chi connectivity index (χ4v) is 2.67. The van der Waals surface area contributed by atoms with Crippen LogP contribution in [0.1, 0.15) is 44.9 Å². The van der Waals surface area contributed by atoms with Crippen LogP contribution < -0.4 is 0 Å². The number of nitrogens with zero attached hydrogens (tertiary/aromatic N) is 1. The van der Waals surface area contributed by atoms with E-state index in [4.69, 9.17) is 15.3 Å². The Morgan fingerprint density at radius 3 is 2.00 bits per heavy atom. The lowest BCUT2D eigenvalue weighted by Crippen LogP contribution is -2.39. The first-order chi connectivity index (χ1) is 8.53. The van der Waals surface area contributed by atoms with Gasteiger partial charge in [-0.15, -0.1) is 0 Å². The van der Waals surface area contributed by atoms with Crippen molar-refractivity contribution < 1.29 is 24.9 Å². The summed E-state index contributed by atoms with van der Waals surface area (Å²) in [6.07, 6.45) is 4.42. The third-order valence-electron chi connectivity index (χ3n) is 3.66. The molecule has 0 aromatic carbocycles. The molecule has 0 aromatic rings. The van der Waals surface area contributed by atoms with Gasteiger partial charge in [0.1, 0.15) is 13.5 Å². The lowest BCUT2D eigenvalue weighted by molar-refractivity contribution is -0.146. The monoisotopic (exact) mass is 259 g/mol. The number of carboxylic acid groups (broad SMARTS) is 1. The van der Waals surface area contributed by atoms with E-state index in [1.807, 2.05) is 0 Å². The summed E-state index contributed by atoms with van der Waals surface area (Å²) in [4.78, 5) is 23.7. The number of hydrogen-bond donors (Lipinski definition) is 3. The van der Waals surface area contributed by atoms with Crippen molar-refractivity contribution in [1.29, 1.82) is 0 Å². The maximum atomic E-state index is 11.9. The van der Waals surface area contributed by atoms with E-state index in [1.165, 1.54) is 0 Å². The molecule has 3 N–H and O–H groups in total. The summed E-state index contributed by atoms with van der Waals surface area (Å²) < 4.78 is 0. The van der Waals surface area contributed by atoms with Crippen molar-refractivity contribution in [1.82, 2.24) is 4.90 Å². The molecule has 18 heavy (non-hydrogen) atoms. The number of carbonyl (C=O) groups excluding carboxylic acids is 1. The van der Waals surface area contributed by atoms with Gasteiger partial charge in [-0.3, -0.25) is 14.5 Å². The third kappa shape index (κ3) is 3.96. The van der Waals surface area contributed by atoms with E-state index in [-0.39, 0.29) is 18.7 Å². The molecular weight excluding hydrogens is 238 g/mol. The van der Waals surface area contributed by atoms with Crippen LogP contribution in [-0.2, 0) is 9.59 Å². The van der Waals surface area contributed by atoms with Crippen molar-refractivity contribution >= 4 is 11.9 Å². The van der Waals surface area contributed by atoms with Crippen molar-refractivity contribution in [2.75, 3.05) is 13.5 Å². The van der Waals surface area contributed by atoms with E-state index in [9.17, 15) is 9.59 Å². The van der Waals surface area contributed by atoms with Crippen LogP contribution in [0.5, 0.6) is 0 Å². The molecule has 0 aromatic heterocycles. The fraction of sp³-hybridized carbons (Fsp3) is 0.833. The summed E-state index contributed by atoms with van der Waals surface area (Å²) in [5.74, 6) is -1.28. The van der Waals surface area contributed by atoms with E-state index in [1.54, 1.807) is 0 Å². The zero-order chi connectivity index (χ0) is 13.6. The van der Waals surface area contributed by atoms with Gasteiger partial charge in [0.15, 0.2) is 0 Å². The molecule has 6 heteroatoms. The standard InChI is InChI=1S/C12H21NO5/c14-8-13(9-15)10(16)6-12(7-11(17)18)4-2-1-3-5-12/h14-15H,1-9H2,(H,17,18). The van der Waals surface area contributed by atoms with Gasteiger partial charge in [0.2, 0.25) is 5.91 Å². The highest BCUT2D eigenvalue weighted by atomic mass is 16.4. The molecule has 1 rings (SSSR count). The molecule has 6 nitrogen and oxygen atoms in total. The van der Waals surface area contributed by atoms with Crippen molar-refractivity contribution in [2.45, 2.75) is 44.9 Å². The van der Waals surface area contributed by atoms with Gasteiger partial charge >= 0.3 is 5.97 Å². The molecule has 1 saturated carbocycles. The Bertz CT molecular complexity index is 295. The predicted octanol–water partition coefficient (Wildman–Crippen LogP) is 0.530.